The zero-order chi connectivity index (χ0) is 21.4. The Hall–Kier alpha value is -4.27. The summed E-state index contributed by atoms with van der Waals surface area (Å²) >= 11 is 0. The molecule has 1 aliphatic rings. The number of benzene rings is 3. The van der Waals surface area contributed by atoms with Crippen molar-refractivity contribution < 1.29 is 24.0 Å². The maximum absolute atomic E-state index is 12.9. The molecule has 0 unspecified atom stereocenters. The topological polar surface area (TPSA) is 111 Å². The zero-order valence-corrected chi connectivity index (χ0v) is 16.0. The van der Waals surface area contributed by atoms with Gasteiger partial charge in [-0.15, -0.1) is 0 Å². The van der Waals surface area contributed by atoms with Gasteiger partial charge < -0.3 is 9.47 Å². The van der Waals surface area contributed by atoms with Crippen LogP contribution in [0.3, 0.4) is 0 Å². The Bertz CT molecular complexity index is 1230. The van der Waals surface area contributed by atoms with E-state index in [0.717, 1.165) is 5.01 Å². The molecule has 0 saturated carbocycles. The molecule has 150 valence electrons. The number of carbonyl (C=O) groups excluding carboxylic acids is 2. The molecule has 0 N–H and O–H groups in total. The molecule has 0 atom stereocenters. The second-order valence-corrected chi connectivity index (χ2v) is 6.39. The summed E-state index contributed by atoms with van der Waals surface area (Å²) in [6.45, 7) is 0. The van der Waals surface area contributed by atoms with Crippen LogP contribution in [0.4, 0.5) is 5.69 Å². The molecule has 1 heterocycles. The van der Waals surface area contributed by atoms with Crippen molar-refractivity contribution in [1.29, 1.82) is 0 Å². The molecule has 9 heteroatoms. The van der Waals surface area contributed by atoms with Gasteiger partial charge in [-0.25, -0.2) is 0 Å². The lowest BCUT2D eigenvalue weighted by Crippen LogP contribution is -2.36. The second-order valence-electron chi connectivity index (χ2n) is 6.39. The summed E-state index contributed by atoms with van der Waals surface area (Å²) in [5.41, 5.74) is 0.706. The Kier molecular flexibility index (Phi) is 4.63. The third-order valence-corrected chi connectivity index (χ3v) is 4.81. The highest BCUT2D eigenvalue weighted by Gasteiger charge is 2.34. The summed E-state index contributed by atoms with van der Waals surface area (Å²) in [6, 6.07) is 12.2. The summed E-state index contributed by atoms with van der Waals surface area (Å²) < 4.78 is 10.4. The van der Waals surface area contributed by atoms with Crippen molar-refractivity contribution in [2.75, 3.05) is 14.2 Å². The van der Waals surface area contributed by atoms with E-state index in [1.54, 1.807) is 18.2 Å². The molecule has 1 aliphatic heterocycles. The highest BCUT2D eigenvalue weighted by molar-refractivity contribution is 6.26. The van der Waals surface area contributed by atoms with Crippen LogP contribution in [0.1, 0.15) is 26.3 Å². The van der Waals surface area contributed by atoms with E-state index < -0.39 is 16.7 Å². The van der Waals surface area contributed by atoms with Gasteiger partial charge in [0.15, 0.2) is 0 Å². The van der Waals surface area contributed by atoms with Crippen LogP contribution in [0.25, 0.3) is 10.8 Å². The van der Waals surface area contributed by atoms with Gasteiger partial charge in [0.1, 0.15) is 11.5 Å². The number of nitro groups is 1. The van der Waals surface area contributed by atoms with Gasteiger partial charge in [0.2, 0.25) is 0 Å². The molecule has 2 amide bonds. The summed E-state index contributed by atoms with van der Waals surface area (Å²) in [7, 11) is 3.00. The van der Waals surface area contributed by atoms with E-state index >= 15 is 0 Å². The van der Waals surface area contributed by atoms with Crippen molar-refractivity contribution in [3.63, 3.8) is 0 Å². The molecule has 0 radical (unpaired) electrons. The van der Waals surface area contributed by atoms with E-state index in [9.17, 15) is 19.7 Å². The molecular weight excluding hydrogens is 390 g/mol. The zero-order valence-electron chi connectivity index (χ0n) is 16.0. The predicted octanol–water partition coefficient (Wildman–Crippen LogP) is 3.40. The van der Waals surface area contributed by atoms with Gasteiger partial charge in [0.25, 0.3) is 17.5 Å². The summed E-state index contributed by atoms with van der Waals surface area (Å²) in [5.74, 6) is -0.297. The fraction of sp³-hybridized carbons (Fsp3) is 0.0952. The van der Waals surface area contributed by atoms with Crippen molar-refractivity contribution in [1.82, 2.24) is 5.01 Å². The highest BCUT2D eigenvalue weighted by Crippen LogP contribution is 2.35. The Morgan fingerprint density at radius 3 is 2.40 bits per heavy atom. The minimum Gasteiger partial charge on any atom is -0.497 e. The number of non-ortho nitro benzene ring substituents is 1. The Morgan fingerprint density at radius 2 is 1.73 bits per heavy atom. The van der Waals surface area contributed by atoms with E-state index in [0.29, 0.717) is 17.1 Å². The molecule has 3 aromatic rings. The van der Waals surface area contributed by atoms with E-state index in [1.165, 1.54) is 50.8 Å². The van der Waals surface area contributed by atoms with Crippen LogP contribution < -0.4 is 9.47 Å². The van der Waals surface area contributed by atoms with Crippen molar-refractivity contribution in [3.8, 4) is 11.5 Å². The monoisotopic (exact) mass is 405 g/mol. The van der Waals surface area contributed by atoms with Gasteiger partial charge >= 0.3 is 0 Å². The van der Waals surface area contributed by atoms with E-state index in [-0.39, 0.29) is 27.6 Å². The fourth-order valence-electron chi connectivity index (χ4n) is 3.38. The lowest BCUT2D eigenvalue weighted by Gasteiger charge is -2.23. The van der Waals surface area contributed by atoms with E-state index in [2.05, 4.69) is 5.10 Å². The minimum absolute atomic E-state index is 0.170. The first-order valence-electron chi connectivity index (χ1n) is 8.81. The number of carbonyl (C=O) groups is 2. The van der Waals surface area contributed by atoms with Crippen LogP contribution in [-0.2, 0) is 0 Å². The SMILES string of the molecule is COc1ccc(C=NN2C(=O)c3cccc4c([N+](=O)[O-])ccc(c34)C2=O)c(OC)c1. The summed E-state index contributed by atoms with van der Waals surface area (Å²) in [6.07, 6.45) is 1.34. The van der Waals surface area contributed by atoms with Crippen LogP contribution >= 0.6 is 0 Å². The molecule has 9 nitrogen and oxygen atoms in total. The van der Waals surface area contributed by atoms with Crippen LogP contribution in [0.2, 0.25) is 0 Å². The second kappa shape index (κ2) is 7.28. The normalized spacial score (nSPS) is 13.2. The Balaban J connectivity index is 1.79. The number of hydrogen-bond donors (Lipinski definition) is 0. The average Bonchev–Trinajstić information content (AvgIpc) is 2.76. The van der Waals surface area contributed by atoms with Gasteiger partial charge in [0.05, 0.1) is 41.9 Å². The molecule has 0 fully saturated rings. The lowest BCUT2D eigenvalue weighted by atomic mass is 9.94. The standard InChI is InChI=1S/C21H15N3O6/c1-29-13-7-6-12(18(10-13)30-2)11-22-23-20(25)15-5-3-4-14-17(24(27)28)9-8-16(19(14)15)21(23)26/h3-11H,1-2H3. The molecular formula is C21H15N3O6. The van der Waals surface area contributed by atoms with Crippen molar-refractivity contribution >= 4 is 34.5 Å². The van der Waals surface area contributed by atoms with Gasteiger partial charge in [-0.3, -0.25) is 19.7 Å². The molecule has 0 saturated heterocycles. The number of nitro benzene ring substituents is 1. The van der Waals surface area contributed by atoms with Crippen LogP contribution in [0, 0.1) is 10.1 Å². The molecule has 3 aromatic carbocycles. The molecule has 30 heavy (non-hydrogen) atoms. The number of hydrazone groups is 1. The predicted molar refractivity (Wildman–Crippen MR) is 108 cm³/mol. The largest absolute Gasteiger partial charge is 0.497 e. The van der Waals surface area contributed by atoms with E-state index in [1.807, 2.05) is 0 Å². The Labute approximate surface area is 170 Å². The van der Waals surface area contributed by atoms with Gasteiger partial charge in [-0.2, -0.15) is 10.1 Å². The number of rotatable bonds is 5. The highest BCUT2D eigenvalue weighted by atomic mass is 16.6. The smallest absolute Gasteiger partial charge is 0.282 e. The summed E-state index contributed by atoms with van der Waals surface area (Å²) in [4.78, 5) is 36.7. The maximum atomic E-state index is 12.9. The lowest BCUT2D eigenvalue weighted by molar-refractivity contribution is -0.383. The number of amides is 2. The van der Waals surface area contributed by atoms with Crippen molar-refractivity contribution in [2.45, 2.75) is 0 Å². The Morgan fingerprint density at radius 1 is 1.00 bits per heavy atom. The fourth-order valence-corrected chi connectivity index (χ4v) is 3.38. The number of nitrogens with zero attached hydrogens (tertiary/aromatic N) is 3. The van der Waals surface area contributed by atoms with E-state index in [4.69, 9.17) is 9.47 Å². The summed E-state index contributed by atoms with van der Waals surface area (Å²) in [5, 5.41) is 16.6. The van der Waals surface area contributed by atoms with Gasteiger partial charge in [0, 0.05) is 23.1 Å². The van der Waals surface area contributed by atoms with Crippen molar-refractivity contribution in [3.05, 3.63) is 75.3 Å². The molecule has 0 aromatic heterocycles. The molecule has 0 aliphatic carbocycles. The molecule has 4 rings (SSSR count). The first-order valence-corrected chi connectivity index (χ1v) is 8.81. The first-order chi connectivity index (χ1) is 14.5. The van der Waals surface area contributed by atoms with Gasteiger partial charge in [-0.05, 0) is 30.3 Å². The first kappa shape index (κ1) is 19.1. The third kappa shape index (κ3) is 2.93. The maximum Gasteiger partial charge on any atom is 0.282 e. The number of ether oxygens (including phenoxy) is 2. The third-order valence-electron chi connectivity index (χ3n) is 4.81. The number of imide groups is 1. The molecule has 0 spiro atoms. The van der Waals surface area contributed by atoms with Crippen LogP contribution in [0.5, 0.6) is 11.5 Å². The number of methoxy groups -OCH3 is 2. The van der Waals surface area contributed by atoms with Crippen LogP contribution in [-0.4, -0.2) is 42.2 Å². The van der Waals surface area contributed by atoms with Crippen molar-refractivity contribution in [2.24, 2.45) is 5.10 Å². The minimum atomic E-state index is -0.665. The average molecular weight is 405 g/mol. The number of hydrogen-bond acceptors (Lipinski definition) is 7. The van der Waals surface area contributed by atoms with Gasteiger partial charge in [-0.1, -0.05) is 6.07 Å². The quantitative estimate of drug-likeness (QED) is 0.278. The molecule has 0 bridgehead atoms. The van der Waals surface area contributed by atoms with Crippen LogP contribution in [0.15, 0.2) is 53.6 Å².